The highest BCUT2D eigenvalue weighted by Crippen LogP contribution is 2.25. The van der Waals surface area contributed by atoms with Gasteiger partial charge in [-0.15, -0.1) is 0 Å². The smallest absolute Gasteiger partial charge is 0.407 e. The normalized spacial score (nSPS) is 22.8. The quantitative estimate of drug-likeness (QED) is 0.704. The predicted octanol–water partition coefficient (Wildman–Crippen LogP) is 3.46. The molecule has 0 aromatic rings. The summed E-state index contributed by atoms with van der Waals surface area (Å²) in [5.74, 6) is 0.546. The van der Waals surface area contributed by atoms with Crippen LogP contribution in [0.5, 0.6) is 0 Å². The van der Waals surface area contributed by atoms with Crippen LogP contribution in [-0.2, 0) is 4.74 Å². The van der Waals surface area contributed by atoms with Gasteiger partial charge in [-0.3, -0.25) is 0 Å². The number of nitrogens with one attached hydrogen (secondary N) is 2. The summed E-state index contributed by atoms with van der Waals surface area (Å²) in [6, 6.07) is 0.557. The average molecular weight is 284 g/mol. The van der Waals surface area contributed by atoms with Gasteiger partial charge in [-0.1, -0.05) is 26.2 Å². The second-order valence-corrected chi connectivity index (χ2v) is 6.84. The van der Waals surface area contributed by atoms with E-state index in [0.717, 1.165) is 13.1 Å². The molecule has 0 radical (unpaired) electrons. The van der Waals surface area contributed by atoms with E-state index in [1.165, 1.54) is 38.5 Å². The van der Waals surface area contributed by atoms with Crippen LogP contribution in [0, 0.1) is 5.92 Å². The highest BCUT2D eigenvalue weighted by atomic mass is 16.6. The van der Waals surface area contributed by atoms with Crippen LogP contribution in [0.2, 0.25) is 0 Å². The van der Waals surface area contributed by atoms with Gasteiger partial charge >= 0.3 is 6.09 Å². The molecule has 4 nitrogen and oxygen atoms in total. The van der Waals surface area contributed by atoms with Crippen LogP contribution in [0.25, 0.3) is 0 Å². The summed E-state index contributed by atoms with van der Waals surface area (Å²) >= 11 is 0. The van der Waals surface area contributed by atoms with Gasteiger partial charge in [0.05, 0.1) is 0 Å². The number of rotatable bonds is 7. The number of carbonyl (C=O) groups excluding carboxylic acids is 1. The lowest BCUT2D eigenvalue weighted by Gasteiger charge is -2.23. The van der Waals surface area contributed by atoms with Gasteiger partial charge in [0.15, 0.2) is 0 Å². The molecular formula is C16H32N2O2. The van der Waals surface area contributed by atoms with E-state index in [4.69, 9.17) is 4.74 Å². The standard InChI is InChI=1S/C16H32N2O2/c1-5-6-7-11-17-14-10-8-9-13(14)12-18-15(19)20-16(2,3)4/h13-14,17H,5-12H2,1-4H3,(H,18,19). The molecule has 0 bridgehead atoms. The first-order valence-corrected chi connectivity index (χ1v) is 8.12. The lowest BCUT2D eigenvalue weighted by Crippen LogP contribution is -2.41. The molecule has 0 saturated heterocycles. The first kappa shape index (κ1) is 17.3. The van der Waals surface area contributed by atoms with Crippen LogP contribution in [0.15, 0.2) is 0 Å². The monoisotopic (exact) mass is 284 g/mol. The summed E-state index contributed by atoms with van der Waals surface area (Å²) in [5, 5.41) is 6.56. The zero-order valence-electron chi connectivity index (χ0n) is 13.6. The minimum absolute atomic E-state index is 0.297. The molecule has 1 fully saturated rings. The molecule has 1 saturated carbocycles. The largest absolute Gasteiger partial charge is 0.444 e. The molecule has 1 aliphatic carbocycles. The van der Waals surface area contributed by atoms with Crippen molar-refractivity contribution in [1.29, 1.82) is 0 Å². The third-order valence-corrected chi connectivity index (χ3v) is 3.75. The molecule has 1 aliphatic rings. The second-order valence-electron chi connectivity index (χ2n) is 6.84. The minimum Gasteiger partial charge on any atom is -0.444 e. The maximum Gasteiger partial charge on any atom is 0.407 e. The van der Waals surface area contributed by atoms with E-state index < -0.39 is 5.60 Å². The molecule has 1 rings (SSSR count). The Labute approximate surface area is 124 Å². The topological polar surface area (TPSA) is 50.4 Å². The highest BCUT2D eigenvalue weighted by Gasteiger charge is 2.27. The molecule has 1 amide bonds. The Balaban J connectivity index is 2.22. The molecule has 2 N–H and O–H groups in total. The van der Waals surface area contributed by atoms with E-state index in [-0.39, 0.29) is 6.09 Å². The Morgan fingerprint density at radius 2 is 2.00 bits per heavy atom. The summed E-state index contributed by atoms with van der Waals surface area (Å²) in [7, 11) is 0. The molecule has 4 heteroatoms. The Morgan fingerprint density at radius 1 is 1.25 bits per heavy atom. The van der Waals surface area contributed by atoms with Crippen molar-refractivity contribution in [2.75, 3.05) is 13.1 Å². The number of unbranched alkanes of at least 4 members (excludes halogenated alkanes) is 2. The molecule has 0 spiro atoms. The van der Waals surface area contributed by atoms with Crippen LogP contribution in [0.1, 0.15) is 66.2 Å². The number of carbonyl (C=O) groups is 1. The van der Waals surface area contributed by atoms with Crippen molar-refractivity contribution in [2.45, 2.75) is 77.9 Å². The lowest BCUT2D eigenvalue weighted by atomic mass is 10.0. The number of amides is 1. The molecule has 2 unspecified atom stereocenters. The maximum atomic E-state index is 11.7. The van der Waals surface area contributed by atoms with Gasteiger partial charge < -0.3 is 15.4 Å². The van der Waals surface area contributed by atoms with Crippen molar-refractivity contribution in [3.63, 3.8) is 0 Å². The fraction of sp³-hybridized carbons (Fsp3) is 0.938. The van der Waals surface area contributed by atoms with Gasteiger partial charge in [0.1, 0.15) is 5.60 Å². The Bertz CT molecular complexity index is 287. The summed E-state index contributed by atoms with van der Waals surface area (Å²) in [6.45, 7) is 9.71. The van der Waals surface area contributed by atoms with Crippen LogP contribution in [0.3, 0.4) is 0 Å². The molecule has 20 heavy (non-hydrogen) atoms. The highest BCUT2D eigenvalue weighted by molar-refractivity contribution is 5.67. The predicted molar refractivity (Wildman–Crippen MR) is 82.9 cm³/mol. The zero-order valence-corrected chi connectivity index (χ0v) is 13.6. The average Bonchev–Trinajstić information content (AvgIpc) is 2.77. The SMILES string of the molecule is CCCCCNC1CCCC1CNC(=O)OC(C)(C)C. The first-order chi connectivity index (χ1) is 9.42. The van der Waals surface area contributed by atoms with E-state index in [9.17, 15) is 4.79 Å². The van der Waals surface area contributed by atoms with Crippen LogP contribution in [0.4, 0.5) is 4.79 Å². The lowest BCUT2D eigenvalue weighted by molar-refractivity contribution is 0.0517. The van der Waals surface area contributed by atoms with Gasteiger partial charge in [-0.05, 0) is 52.5 Å². The van der Waals surface area contributed by atoms with E-state index in [0.29, 0.717) is 12.0 Å². The summed E-state index contributed by atoms with van der Waals surface area (Å²) < 4.78 is 5.28. The van der Waals surface area contributed by atoms with Crippen molar-refractivity contribution < 1.29 is 9.53 Å². The molecule has 0 aromatic heterocycles. The molecule has 0 aromatic carbocycles. The van der Waals surface area contributed by atoms with E-state index >= 15 is 0 Å². The second kappa shape index (κ2) is 8.50. The number of hydrogen-bond donors (Lipinski definition) is 2. The fourth-order valence-corrected chi connectivity index (χ4v) is 2.74. The number of ether oxygens (including phenoxy) is 1. The van der Waals surface area contributed by atoms with Crippen molar-refractivity contribution >= 4 is 6.09 Å². The minimum atomic E-state index is -0.419. The van der Waals surface area contributed by atoms with E-state index in [1.54, 1.807) is 0 Å². The van der Waals surface area contributed by atoms with Gasteiger partial charge in [0.25, 0.3) is 0 Å². The molecule has 0 aliphatic heterocycles. The van der Waals surface area contributed by atoms with E-state index in [1.807, 2.05) is 20.8 Å². The number of hydrogen-bond acceptors (Lipinski definition) is 3. The number of alkyl carbamates (subject to hydrolysis) is 1. The molecule has 0 heterocycles. The summed E-state index contributed by atoms with van der Waals surface area (Å²) in [6.07, 6.45) is 7.18. The van der Waals surface area contributed by atoms with Crippen LogP contribution in [-0.4, -0.2) is 30.8 Å². The van der Waals surface area contributed by atoms with Crippen LogP contribution >= 0.6 is 0 Å². The van der Waals surface area contributed by atoms with Crippen molar-refractivity contribution in [3.8, 4) is 0 Å². The van der Waals surface area contributed by atoms with Gasteiger partial charge in [0.2, 0.25) is 0 Å². The zero-order chi connectivity index (χ0) is 15.0. The Hall–Kier alpha value is -0.770. The molecule has 118 valence electrons. The van der Waals surface area contributed by atoms with Gasteiger partial charge in [-0.2, -0.15) is 0 Å². The Kier molecular flexibility index (Phi) is 7.35. The van der Waals surface area contributed by atoms with E-state index in [2.05, 4.69) is 17.6 Å². The third kappa shape index (κ3) is 7.13. The van der Waals surface area contributed by atoms with Crippen molar-refractivity contribution in [3.05, 3.63) is 0 Å². The molecule has 2 atom stereocenters. The summed E-state index contributed by atoms with van der Waals surface area (Å²) in [4.78, 5) is 11.7. The van der Waals surface area contributed by atoms with Crippen molar-refractivity contribution in [2.24, 2.45) is 5.92 Å². The molecular weight excluding hydrogens is 252 g/mol. The first-order valence-electron chi connectivity index (χ1n) is 8.12. The van der Waals surface area contributed by atoms with Crippen molar-refractivity contribution in [1.82, 2.24) is 10.6 Å². The van der Waals surface area contributed by atoms with Gasteiger partial charge in [0, 0.05) is 12.6 Å². The fourth-order valence-electron chi connectivity index (χ4n) is 2.74. The maximum absolute atomic E-state index is 11.7. The summed E-state index contributed by atoms with van der Waals surface area (Å²) in [5.41, 5.74) is -0.419. The third-order valence-electron chi connectivity index (χ3n) is 3.75. The van der Waals surface area contributed by atoms with Gasteiger partial charge in [-0.25, -0.2) is 4.79 Å². The van der Waals surface area contributed by atoms with Crippen LogP contribution < -0.4 is 10.6 Å². The Morgan fingerprint density at radius 3 is 2.65 bits per heavy atom.